The lowest BCUT2D eigenvalue weighted by molar-refractivity contribution is 0.0601. The maximum absolute atomic E-state index is 11.7. The zero-order valence-corrected chi connectivity index (χ0v) is 13.6. The third-order valence-corrected chi connectivity index (χ3v) is 4.04. The van der Waals surface area contributed by atoms with Crippen molar-refractivity contribution < 1.29 is 9.53 Å². The Bertz CT molecular complexity index is 1040. The van der Waals surface area contributed by atoms with E-state index in [1.54, 1.807) is 18.5 Å². The summed E-state index contributed by atoms with van der Waals surface area (Å²) >= 11 is 0. The molecule has 0 atom stereocenters. The molecule has 0 aliphatic carbocycles. The second kappa shape index (κ2) is 6.20. The standard InChI is InChI=1S/C20H15N3O2/c1-25-20(24)16-7-3-5-14(11-16)13-4-2-6-15(10-13)19-22-17-8-9-21-12-18(17)23-19/h2-12H,1H3,(H,22,23). The van der Waals surface area contributed by atoms with Crippen molar-refractivity contribution in [1.29, 1.82) is 0 Å². The van der Waals surface area contributed by atoms with Crippen molar-refractivity contribution >= 4 is 17.0 Å². The number of nitrogens with one attached hydrogen (secondary N) is 1. The van der Waals surface area contributed by atoms with Crippen molar-refractivity contribution in [2.45, 2.75) is 0 Å². The summed E-state index contributed by atoms with van der Waals surface area (Å²) < 4.78 is 4.79. The Morgan fingerprint density at radius 3 is 2.56 bits per heavy atom. The van der Waals surface area contributed by atoms with Crippen LogP contribution < -0.4 is 0 Å². The fraction of sp³-hybridized carbons (Fsp3) is 0.0500. The molecule has 2 aromatic heterocycles. The zero-order valence-electron chi connectivity index (χ0n) is 13.6. The molecule has 5 heteroatoms. The van der Waals surface area contributed by atoms with Crippen LogP contribution in [0.1, 0.15) is 10.4 Å². The van der Waals surface area contributed by atoms with Crippen molar-refractivity contribution in [1.82, 2.24) is 15.0 Å². The molecule has 4 aromatic rings. The lowest BCUT2D eigenvalue weighted by atomic mass is 10.0. The summed E-state index contributed by atoms with van der Waals surface area (Å²) in [5, 5.41) is 0. The lowest BCUT2D eigenvalue weighted by Crippen LogP contribution is -2.00. The Labute approximate surface area is 144 Å². The lowest BCUT2D eigenvalue weighted by Gasteiger charge is -2.06. The van der Waals surface area contributed by atoms with Gasteiger partial charge < -0.3 is 9.72 Å². The molecule has 0 fully saturated rings. The van der Waals surface area contributed by atoms with Crippen molar-refractivity contribution in [3.8, 4) is 22.5 Å². The number of carbonyl (C=O) groups is 1. The molecule has 4 rings (SSSR count). The Morgan fingerprint density at radius 1 is 1.00 bits per heavy atom. The minimum absolute atomic E-state index is 0.345. The van der Waals surface area contributed by atoms with Gasteiger partial charge in [-0.2, -0.15) is 0 Å². The first-order valence-electron chi connectivity index (χ1n) is 7.83. The molecule has 0 amide bonds. The number of fused-ring (bicyclic) bond motifs is 1. The van der Waals surface area contributed by atoms with Crippen LogP contribution in [0.3, 0.4) is 0 Å². The van der Waals surface area contributed by atoms with E-state index in [4.69, 9.17) is 4.74 Å². The summed E-state index contributed by atoms with van der Waals surface area (Å²) in [6.45, 7) is 0. The van der Waals surface area contributed by atoms with E-state index in [-0.39, 0.29) is 5.97 Å². The average Bonchev–Trinajstić information content (AvgIpc) is 3.12. The van der Waals surface area contributed by atoms with E-state index in [2.05, 4.69) is 15.0 Å². The molecule has 25 heavy (non-hydrogen) atoms. The number of aromatic amines is 1. The predicted molar refractivity (Wildman–Crippen MR) is 96.1 cm³/mol. The molecule has 5 nitrogen and oxygen atoms in total. The number of aromatic nitrogens is 3. The number of carbonyl (C=O) groups excluding carboxylic acids is 1. The maximum atomic E-state index is 11.7. The number of ether oxygens (including phenoxy) is 1. The van der Waals surface area contributed by atoms with Gasteiger partial charge in [0.15, 0.2) is 0 Å². The smallest absolute Gasteiger partial charge is 0.337 e. The highest BCUT2D eigenvalue weighted by Crippen LogP contribution is 2.26. The summed E-state index contributed by atoms with van der Waals surface area (Å²) in [6.07, 6.45) is 3.48. The summed E-state index contributed by atoms with van der Waals surface area (Å²) in [5.74, 6) is 0.441. The molecule has 0 spiro atoms. The van der Waals surface area contributed by atoms with Crippen LogP contribution in [-0.4, -0.2) is 28.0 Å². The summed E-state index contributed by atoms with van der Waals surface area (Å²) in [7, 11) is 1.38. The first kappa shape index (κ1) is 15.1. The molecule has 1 N–H and O–H groups in total. The molecule has 0 aliphatic rings. The largest absolute Gasteiger partial charge is 0.465 e. The van der Waals surface area contributed by atoms with Crippen LogP contribution in [0.5, 0.6) is 0 Å². The minimum Gasteiger partial charge on any atom is -0.465 e. The van der Waals surface area contributed by atoms with E-state index in [0.29, 0.717) is 5.56 Å². The SMILES string of the molecule is COC(=O)c1cccc(-c2cccc(-c3nc4ccncc4[nH]3)c2)c1. The van der Waals surface area contributed by atoms with Crippen LogP contribution in [0.2, 0.25) is 0 Å². The molecular formula is C20H15N3O2. The molecular weight excluding hydrogens is 314 g/mol. The van der Waals surface area contributed by atoms with Crippen molar-refractivity contribution in [2.75, 3.05) is 7.11 Å². The highest BCUT2D eigenvalue weighted by molar-refractivity contribution is 5.91. The highest BCUT2D eigenvalue weighted by atomic mass is 16.5. The quantitative estimate of drug-likeness (QED) is 0.575. The summed E-state index contributed by atoms with van der Waals surface area (Å²) in [6, 6.07) is 17.3. The third-order valence-electron chi connectivity index (χ3n) is 4.04. The van der Waals surface area contributed by atoms with Gasteiger partial charge in [-0.05, 0) is 35.4 Å². The summed E-state index contributed by atoms with van der Waals surface area (Å²) in [4.78, 5) is 23.7. The van der Waals surface area contributed by atoms with Crippen molar-refractivity contribution in [3.05, 3.63) is 72.6 Å². The Balaban J connectivity index is 1.76. The molecule has 0 unspecified atom stereocenters. The third kappa shape index (κ3) is 2.87. The number of imidazole rings is 1. The van der Waals surface area contributed by atoms with Crippen LogP contribution in [0.25, 0.3) is 33.5 Å². The van der Waals surface area contributed by atoms with Crippen LogP contribution >= 0.6 is 0 Å². The normalized spacial score (nSPS) is 10.8. The van der Waals surface area contributed by atoms with E-state index in [1.807, 2.05) is 48.5 Å². The highest BCUT2D eigenvalue weighted by Gasteiger charge is 2.09. The Kier molecular flexibility index (Phi) is 3.74. The first-order chi connectivity index (χ1) is 12.2. The topological polar surface area (TPSA) is 67.9 Å². The number of benzene rings is 2. The molecule has 122 valence electrons. The van der Waals surface area contributed by atoms with Gasteiger partial charge in [-0.25, -0.2) is 9.78 Å². The van der Waals surface area contributed by atoms with Gasteiger partial charge in [-0.1, -0.05) is 30.3 Å². The zero-order chi connectivity index (χ0) is 17.2. The number of methoxy groups -OCH3 is 1. The second-order valence-electron chi connectivity index (χ2n) is 5.63. The average molecular weight is 329 g/mol. The fourth-order valence-corrected chi connectivity index (χ4v) is 2.78. The van der Waals surface area contributed by atoms with Crippen LogP contribution in [0.4, 0.5) is 0 Å². The van der Waals surface area contributed by atoms with Gasteiger partial charge in [0.25, 0.3) is 0 Å². The predicted octanol–water partition coefficient (Wildman–Crippen LogP) is 4.08. The van der Waals surface area contributed by atoms with Crippen LogP contribution in [0.15, 0.2) is 67.0 Å². The van der Waals surface area contributed by atoms with Gasteiger partial charge in [-0.3, -0.25) is 4.98 Å². The number of esters is 1. The number of rotatable bonds is 3. The molecule has 0 saturated carbocycles. The van der Waals surface area contributed by atoms with E-state index < -0.39 is 0 Å². The van der Waals surface area contributed by atoms with Crippen molar-refractivity contribution in [2.24, 2.45) is 0 Å². The van der Waals surface area contributed by atoms with E-state index in [1.165, 1.54) is 7.11 Å². The molecule has 0 radical (unpaired) electrons. The number of hydrogen-bond donors (Lipinski definition) is 1. The molecule has 0 saturated heterocycles. The van der Waals surface area contributed by atoms with E-state index in [0.717, 1.165) is 33.5 Å². The van der Waals surface area contributed by atoms with Crippen molar-refractivity contribution in [3.63, 3.8) is 0 Å². The van der Waals surface area contributed by atoms with Crippen LogP contribution in [0, 0.1) is 0 Å². The molecule has 0 bridgehead atoms. The maximum Gasteiger partial charge on any atom is 0.337 e. The number of hydrogen-bond acceptors (Lipinski definition) is 4. The van der Waals surface area contributed by atoms with Gasteiger partial charge in [0.05, 0.1) is 29.9 Å². The Morgan fingerprint density at radius 2 is 1.76 bits per heavy atom. The van der Waals surface area contributed by atoms with E-state index in [9.17, 15) is 4.79 Å². The van der Waals surface area contributed by atoms with Gasteiger partial charge in [-0.15, -0.1) is 0 Å². The number of H-pyrrole nitrogens is 1. The number of pyridine rings is 1. The fourth-order valence-electron chi connectivity index (χ4n) is 2.78. The van der Waals surface area contributed by atoms with Gasteiger partial charge >= 0.3 is 5.97 Å². The van der Waals surface area contributed by atoms with Gasteiger partial charge in [0.2, 0.25) is 0 Å². The molecule has 0 aliphatic heterocycles. The van der Waals surface area contributed by atoms with E-state index >= 15 is 0 Å². The second-order valence-corrected chi connectivity index (χ2v) is 5.63. The van der Waals surface area contributed by atoms with Crippen LogP contribution in [-0.2, 0) is 4.74 Å². The minimum atomic E-state index is -0.345. The van der Waals surface area contributed by atoms with Gasteiger partial charge in [0, 0.05) is 11.8 Å². The first-order valence-corrected chi connectivity index (χ1v) is 7.83. The van der Waals surface area contributed by atoms with Gasteiger partial charge in [0.1, 0.15) is 5.82 Å². The summed E-state index contributed by atoms with van der Waals surface area (Å²) in [5.41, 5.74) is 5.22. The molecule has 2 aromatic carbocycles. The monoisotopic (exact) mass is 329 g/mol. The number of nitrogens with zero attached hydrogens (tertiary/aromatic N) is 2. The Hall–Kier alpha value is -3.47. The molecule has 2 heterocycles.